The molecule has 2 aliphatic carbocycles. The molecule has 11 heavy (non-hydrogen) atoms. The first-order chi connectivity index (χ1) is 5.17. The van der Waals surface area contributed by atoms with Gasteiger partial charge in [0, 0.05) is 5.92 Å². The molecule has 0 aliphatic heterocycles. The Labute approximate surface area is 69.0 Å². The van der Waals surface area contributed by atoms with Gasteiger partial charge in [-0.25, -0.2) is 0 Å². The van der Waals surface area contributed by atoms with E-state index >= 15 is 0 Å². The number of rotatable bonds is 0. The molecular weight excluding hydrogens is 132 g/mol. The predicted molar refractivity (Wildman–Crippen MR) is 48.3 cm³/mol. The standard InChI is InChI=1S/C11H16/c1-4-9-7-11(3)6-5-10(9)8(11)2/h4-6,8,10H,7H2,1-3H3/b9-4-. The third-order valence-electron chi connectivity index (χ3n) is 3.65. The van der Waals surface area contributed by atoms with Gasteiger partial charge in [-0.1, -0.05) is 37.6 Å². The van der Waals surface area contributed by atoms with Crippen molar-refractivity contribution in [2.45, 2.75) is 27.2 Å². The van der Waals surface area contributed by atoms with Gasteiger partial charge in [-0.2, -0.15) is 0 Å². The first-order valence-corrected chi connectivity index (χ1v) is 4.52. The van der Waals surface area contributed by atoms with E-state index in [2.05, 4.69) is 39.0 Å². The van der Waals surface area contributed by atoms with Gasteiger partial charge in [-0.05, 0) is 24.7 Å². The highest BCUT2D eigenvalue weighted by Crippen LogP contribution is 2.55. The minimum Gasteiger partial charge on any atom is -0.0878 e. The van der Waals surface area contributed by atoms with Crippen LogP contribution in [0, 0.1) is 17.3 Å². The molecule has 0 amide bonds. The molecule has 2 bridgehead atoms. The maximum Gasteiger partial charge on any atom is 0.00111 e. The normalized spacial score (nSPS) is 51.0. The first kappa shape index (κ1) is 7.15. The van der Waals surface area contributed by atoms with E-state index in [1.165, 1.54) is 6.42 Å². The molecule has 0 heteroatoms. The van der Waals surface area contributed by atoms with Gasteiger partial charge in [0.15, 0.2) is 0 Å². The van der Waals surface area contributed by atoms with Crippen LogP contribution in [-0.4, -0.2) is 0 Å². The Kier molecular flexibility index (Phi) is 1.30. The summed E-state index contributed by atoms with van der Waals surface area (Å²) in [6, 6.07) is 0. The van der Waals surface area contributed by atoms with Gasteiger partial charge in [0.2, 0.25) is 0 Å². The van der Waals surface area contributed by atoms with E-state index in [0.29, 0.717) is 5.41 Å². The molecule has 3 unspecified atom stereocenters. The minimum absolute atomic E-state index is 0.493. The molecule has 0 aromatic heterocycles. The minimum atomic E-state index is 0.493. The molecule has 60 valence electrons. The van der Waals surface area contributed by atoms with E-state index in [1.54, 1.807) is 5.57 Å². The molecule has 0 aromatic rings. The average molecular weight is 148 g/mol. The third-order valence-corrected chi connectivity index (χ3v) is 3.65. The van der Waals surface area contributed by atoms with Crippen molar-refractivity contribution in [2.75, 3.05) is 0 Å². The van der Waals surface area contributed by atoms with Crippen molar-refractivity contribution in [3.05, 3.63) is 23.8 Å². The molecule has 2 aliphatic rings. The smallest absolute Gasteiger partial charge is 0.00111 e. The fourth-order valence-electron chi connectivity index (χ4n) is 2.57. The lowest BCUT2D eigenvalue weighted by molar-refractivity contribution is 0.330. The van der Waals surface area contributed by atoms with E-state index < -0.39 is 0 Å². The summed E-state index contributed by atoms with van der Waals surface area (Å²) < 4.78 is 0. The molecule has 0 spiro atoms. The maximum absolute atomic E-state index is 2.41. The van der Waals surface area contributed by atoms with Crippen molar-refractivity contribution in [3.8, 4) is 0 Å². The molecule has 0 radical (unpaired) electrons. The van der Waals surface area contributed by atoms with E-state index in [1.807, 2.05) is 0 Å². The second kappa shape index (κ2) is 2.00. The number of hydrogen-bond donors (Lipinski definition) is 0. The fraction of sp³-hybridized carbons (Fsp3) is 0.636. The summed E-state index contributed by atoms with van der Waals surface area (Å²) in [7, 11) is 0. The summed E-state index contributed by atoms with van der Waals surface area (Å²) in [5.74, 6) is 1.61. The van der Waals surface area contributed by atoms with Crippen LogP contribution in [0.5, 0.6) is 0 Å². The molecular formula is C11H16. The van der Waals surface area contributed by atoms with E-state index in [-0.39, 0.29) is 0 Å². The van der Waals surface area contributed by atoms with Crippen LogP contribution in [0.15, 0.2) is 23.8 Å². The Morgan fingerprint density at radius 3 is 2.64 bits per heavy atom. The van der Waals surface area contributed by atoms with Crippen LogP contribution in [0.2, 0.25) is 0 Å². The Morgan fingerprint density at radius 2 is 2.36 bits per heavy atom. The maximum atomic E-state index is 2.41. The molecule has 2 rings (SSSR count). The van der Waals surface area contributed by atoms with Gasteiger partial charge in [0.25, 0.3) is 0 Å². The van der Waals surface area contributed by atoms with Crippen LogP contribution in [-0.2, 0) is 0 Å². The quantitative estimate of drug-likeness (QED) is 0.463. The average Bonchev–Trinajstić information content (AvgIpc) is 2.40. The monoisotopic (exact) mass is 148 g/mol. The molecule has 0 saturated heterocycles. The summed E-state index contributed by atoms with van der Waals surface area (Å²) >= 11 is 0. The Balaban J connectivity index is 2.40. The molecule has 3 atom stereocenters. The van der Waals surface area contributed by atoms with Crippen molar-refractivity contribution >= 4 is 0 Å². The van der Waals surface area contributed by atoms with Crippen molar-refractivity contribution < 1.29 is 0 Å². The van der Waals surface area contributed by atoms with E-state index in [0.717, 1.165) is 11.8 Å². The van der Waals surface area contributed by atoms with Gasteiger partial charge in [-0.15, -0.1) is 0 Å². The second-order valence-corrected chi connectivity index (χ2v) is 4.22. The van der Waals surface area contributed by atoms with Gasteiger partial charge in [-0.3, -0.25) is 0 Å². The lowest BCUT2D eigenvalue weighted by Gasteiger charge is -2.21. The van der Waals surface area contributed by atoms with Crippen LogP contribution < -0.4 is 0 Å². The molecule has 0 nitrogen and oxygen atoms in total. The Bertz CT molecular complexity index is 234. The molecule has 0 N–H and O–H groups in total. The van der Waals surface area contributed by atoms with Crippen molar-refractivity contribution in [3.63, 3.8) is 0 Å². The van der Waals surface area contributed by atoms with Crippen LogP contribution in [0.25, 0.3) is 0 Å². The summed E-state index contributed by atoms with van der Waals surface area (Å²) in [5, 5.41) is 0. The van der Waals surface area contributed by atoms with Crippen LogP contribution in [0.1, 0.15) is 27.2 Å². The van der Waals surface area contributed by atoms with Crippen LogP contribution in [0.3, 0.4) is 0 Å². The predicted octanol–water partition coefficient (Wildman–Crippen LogP) is 3.16. The van der Waals surface area contributed by atoms with Gasteiger partial charge in [0.1, 0.15) is 0 Å². The zero-order valence-corrected chi connectivity index (χ0v) is 7.59. The highest BCUT2D eigenvalue weighted by Gasteiger charge is 2.46. The number of fused-ring (bicyclic) bond motifs is 2. The van der Waals surface area contributed by atoms with Gasteiger partial charge < -0.3 is 0 Å². The topological polar surface area (TPSA) is 0 Å². The zero-order chi connectivity index (χ0) is 8.06. The summed E-state index contributed by atoms with van der Waals surface area (Å²) in [6.45, 7) is 6.92. The van der Waals surface area contributed by atoms with Gasteiger partial charge >= 0.3 is 0 Å². The highest BCUT2D eigenvalue weighted by molar-refractivity contribution is 5.32. The van der Waals surface area contributed by atoms with Gasteiger partial charge in [0.05, 0.1) is 0 Å². The molecule has 1 fully saturated rings. The van der Waals surface area contributed by atoms with Crippen LogP contribution in [0.4, 0.5) is 0 Å². The van der Waals surface area contributed by atoms with Crippen LogP contribution >= 0.6 is 0 Å². The number of allylic oxidation sites excluding steroid dienone is 4. The summed E-state index contributed by atoms with van der Waals surface area (Å²) in [6.07, 6.45) is 8.40. The molecule has 1 saturated carbocycles. The SMILES string of the molecule is C/C=C1/CC2(C)C=CC1C2C. The Morgan fingerprint density at radius 1 is 1.64 bits per heavy atom. The fourth-order valence-corrected chi connectivity index (χ4v) is 2.57. The lowest BCUT2D eigenvalue weighted by atomic mass is 9.83. The highest BCUT2D eigenvalue weighted by atomic mass is 14.5. The van der Waals surface area contributed by atoms with Crippen molar-refractivity contribution in [1.82, 2.24) is 0 Å². The molecule has 0 heterocycles. The third kappa shape index (κ3) is 0.756. The van der Waals surface area contributed by atoms with E-state index in [9.17, 15) is 0 Å². The van der Waals surface area contributed by atoms with Crippen molar-refractivity contribution in [2.24, 2.45) is 17.3 Å². The lowest BCUT2D eigenvalue weighted by Crippen LogP contribution is -2.13. The molecule has 0 aromatic carbocycles. The second-order valence-electron chi connectivity index (χ2n) is 4.22. The summed E-state index contributed by atoms with van der Waals surface area (Å²) in [4.78, 5) is 0. The van der Waals surface area contributed by atoms with Crippen molar-refractivity contribution in [1.29, 1.82) is 0 Å². The zero-order valence-electron chi connectivity index (χ0n) is 7.59. The van der Waals surface area contributed by atoms with E-state index in [4.69, 9.17) is 0 Å². The number of hydrogen-bond acceptors (Lipinski definition) is 0. The first-order valence-electron chi connectivity index (χ1n) is 4.52. The largest absolute Gasteiger partial charge is 0.0878 e. The summed E-state index contributed by atoms with van der Waals surface area (Å²) in [5.41, 5.74) is 2.15. The Hall–Kier alpha value is -0.520.